The lowest BCUT2D eigenvalue weighted by Gasteiger charge is -2.31. The van der Waals surface area contributed by atoms with Gasteiger partial charge in [-0.25, -0.2) is 4.98 Å². The highest BCUT2D eigenvalue weighted by Crippen LogP contribution is 2.14. The Kier molecular flexibility index (Phi) is 6.07. The molecule has 0 spiro atoms. The molecule has 26 heavy (non-hydrogen) atoms. The zero-order chi connectivity index (χ0) is 18.4. The number of amides is 2. The first kappa shape index (κ1) is 18.2. The Morgan fingerprint density at radius 2 is 1.77 bits per heavy atom. The summed E-state index contributed by atoms with van der Waals surface area (Å²) in [4.78, 5) is 31.7. The van der Waals surface area contributed by atoms with Gasteiger partial charge in [-0.2, -0.15) is 0 Å². The molecule has 2 aromatic rings. The highest BCUT2D eigenvalue weighted by atomic mass is 35.5. The maximum Gasteiger partial charge on any atom is 0.274 e. The van der Waals surface area contributed by atoms with Gasteiger partial charge in [0.2, 0.25) is 5.91 Å². The zero-order valence-electron chi connectivity index (χ0n) is 14.5. The number of anilines is 1. The van der Waals surface area contributed by atoms with Gasteiger partial charge in [0, 0.05) is 19.0 Å². The van der Waals surface area contributed by atoms with Crippen molar-refractivity contribution in [3.8, 4) is 0 Å². The highest BCUT2D eigenvalue weighted by molar-refractivity contribution is 6.33. The third kappa shape index (κ3) is 4.52. The summed E-state index contributed by atoms with van der Waals surface area (Å²) in [7, 11) is 0. The molecule has 6 nitrogen and oxygen atoms in total. The Hall–Kier alpha value is -2.60. The monoisotopic (exact) mass is 373 g/mol. The van der Waals surface area contributed by atoms with Crippen LogP contribution in [0.3, 0.4) is 0 Å². The van der Waals surface area contributed by atoms with E-state index in [9.17, 15) is 9.59 Å². The van der Waals surface area contributed by atoms with E-state index >= 15 is 0 Å². The Balaban J connectivity index is 1.42. The number of aromatic nitrogens is 1. The van der Waals surface area contributed by atoms with E-state index in [4.69, 9.17) is 11.6 Å². The van der Waals surface area contributed by atoms with Crippen LogP contribution in [-0.4, -0.2) is 49.4 Å². The lowest BCUT2D eigenvalue weighted by Crippen LogP contribution is -2.50. The minimum Gasteiger partial charge on any atom is -0.351 e. The molecule has 1 aromatic heterocycles. The molecule has 0 bridgehead atoms. The van der Waals surface area contributed by atoms with Gasteiger partial charge in [0.15, 0.2) is 0 Å². The number of nitrogens with one attached hydrogen (secondary N) is 2. The average Bonchev–Trinajstić information content (AvgIpc) is 2.69. The maximum absolute atomic E-state index is 12.3. The fraction of sp³-hybridized carbons (Fsp3) is 0.316. The van der Waals surface area contributed by atoms with Crippen LogP contribution in [0.1, 0.15) is 16.8 Å². The molecule has 0 saturated carbocycles. The van der Waals surface area contributed by atoms with Crippen molar-refractivity contribution in [3.05, 3.63) is 59.2 Å². The summed E-state index contributed by atoms with van der Waals surface area (Å²) in [6, 6.07) is 12.8. The summed E-state index contributed by atoms with van der Waals surface area (Å²) in [6.45, 7) is 3.24. The van der Waals surface area contributed by atoms with Gasteiger partial charge in [0.05, 0.1) is 29.9 Å². The molecule has 3 rings (SSSR count). The predicted molar refractivity (Wildman–Crippen MR) is 100 cm³/mol. The summed E-state index contributed by atoms with van der Waals surface area (Å²) in [6.07, 6.45) is 2.18. The van der Waals surface area contributed by atoms with Crippen molar-refractivity contribution in [3.63, 3.8) is 0 Å². The molecule has 1 fully saturated rings. The van der Waals surface area contributed by atoms with Gasteiger partial charge in [-0.1, -0.05) is 29.8 Å². The number of carbonyl (C=O) groups is 2. The Labute approximate surface area is 157 Å². The standard InChI is InChI=1S/C19H21ClN4O2/c20-16-6-2-1-5-15(16)19(26)22-10-8-18(25)24-13-11-23(12-14-24)17-7-3-4-9-21-17/h1-7,9H,8,10-14H2,(H,22,26)/p+1. The highest BCUT2D eigenvalue weighted by Gasteiger charge is 2.25. The van der Waals surface area contributed by atoms with Crippen molar-refractivity contribution in [2.45, 2.75) is 6.42 Å². The molecule has 1 aliphatic heterocycles. The van der Waals surface area contributed by atoms with Crippen molar-refractivity contribution in [2.75, 3.05) is 37.6 Å². The van der Waals surface area contributed by atoms with Crippen LogP contribution >= 0.6 is 11.6 Å². The number of benzene rings is 1. The number of pyridine rings is 1. The summed E-state index contributed by atoms with van der Waals surface area (Å²) < 4.78 is 0. The second kappa shape index (κ2) is 8.67. The Morgan fingerprint density at radius 3 is 2.46 bits per heavy atom. The number of hydrogen-bond acceptors (Lipinski definition) is 3. The largest absolute Gasteiger partial charge is 0.351 e. The summed E-state index contributed by atoms with van der Waals surface area (Å²) in [5.74, 6) is 0.862. The second-order valence-electron chi connectivity index (χ2n) is 6.10. The molecule has 2 amide bonds. The number of rotatable bonds is 5. The van der Waals surface area contributed by atoms with Crippen LogP contribution < -0.4 is 15.2 Å². The van der Waals surface area contributed by atoms with Gasteiger partial charge in [0.1, 0.15) is 13.1 Å². The van der Waals surface area contributed by atoms with E-state index in [-0.39, 0.29) is 18.2 Å². The first-order valence-electron chi connectivity index (χ1n) is 8.67. The van der Waals surface area contributed by atoms with Crippen LogP contribution in [-0.2, 0) is 4.79 Å². The molecule has 7 heteroatoms. The van der Waals surface area contributed by atoms with Crippen molar-refractivity contribution in [1.82, 2.24) is 10.2 Å². The summed E-state index contributed by atoms with van der Waals surface area (Å²) in [5, 5.41) is 3.17. The SMILES string of the molecule is O=C(NCCC(=O)N1CCN(c2cccc[nH+]2)CC1)c1ccccc1Cl. The fourth-order valence-electron chi connectivity index (χ4n) is 2.96. The molecule has 136 valence electrons. The van der Waals surface area contributed by atoms with Gasteiger partial charge in [0.25, 0.3) is 11.7 Å². The molecule has 0 radical (unpaired) electrons. The Morgan fingerprint density at radius 1 is 1.04 bits per heavy atom. The van der Waals surface area contributed by atoms with E-state index < -0.39 is 0 Å². The topological polar surface area (TPSA) is 66.8 Å². The van der Waals surface area contributed by atoms with Crippen LogP contribution in [0.15, 0.2) is 48.7 Å². The molecule has 2 N–H and O–H groups in total. The van der Waals surface area contributed by atoms with Crippen LogP contribution in [0.2, 0.25) is 5.02 Å². The molecular weight excluding hydrogens is 352 g/mol. The molecule has 1 aliphatic rings. The van der Waals surface area contributed by atoms with Gasteiger partial charge in [-0.3, -0.25) is 14.5 Å². The Bertz CT molecular complexity index is 761. The molecule has 0 unspecified atom stereocenters. The van der Waals surface area contributed by atoms with E-state index in [0.717, 1.165) is 18.9 Å². The third-order valence-electron chi connectivity index (χ3n) is 4.41. The number of carbonyl (C=O) groups excluding carboxylic acids is 2. The number of nitrogens with zero attached hydrogens (tertiary/aromatic N) is 2. The molecule has 1 aromatic carbocycles. The number of hydrogen-bond donors (Lipinski definition) is 1. The first-order chi connectivity index (χ1) is 12.6. The predicted octanol–water partition coefficient (Wildman–Crippen LogP) is 1.62. The second-order valence-corrected chi connectivity index (χ2v) is 6.51. The first-order valence-corrected chi connectivity index (χ1v) is 9.05. The molecular formula is C19H22ClN4O2+. The minimum atomic E-state index is -0.257. The number of piperazine rings is 1. The van der Waals surface area contributed by atoms with Crippen LogP contribution in [0, 0.1) is 0 Å². The fourth-order valence-corrected chi connectivity index (χ4v) is 3.18. The van der Waals surface area contributed by atoms with Gasteiger partial charge in [-0.05, 0) is 18.2 Å². The van der Waals surface area contributed by atoms with Crippen LogP contribution in [0.5, 0.6) is 0 Å². The zero-order valence-corrected chi connectivity index (χ0v) is 15.2. The van der Waals surface area contributed by atoms with E-state index in [1.165, 1.54) is 0 Å². The molecule has 1 saturated heterocycles. The summed E-state index contributed by atoms with van der Waals surface area (Å²) in [5.41, 5.74) is 0.425. The van der Waals surface area contributed by atoms with Crippen molar-refractivity contribution in [2.24, 2.45) is 0 Å². The third-order valence-corrected chi connectivity index (χ3v) is 4.74. The quantitative estimate of drug-likeness (QED) is 0.866. The normalized spacial score (nSPS) is 14.2. The van der Waals surface area contributed by atoms with Crippen LogP contribution in [0.4, 0.5) is 5.82 Å². The van der Waals surface area contributed by atoms with Gasteiger partial charge in [-0.15, -0.1) is 0 Å². The molecule has 0 atom stereocenters. The van der Waals surface area contributed by atoms with Gasteiger partial charge < -0.3 is 10.2 Å². The molecule has 0 aliphatic carbocycles. The average molecular weight is 374 g/mol. The van der Waals surface area contributed by atoms with E-state index in [2.05, 4.69) is 15.2 Å². The van der Waals surface area contributed by atoms with Crippen molar-refractivity contribution < 1.29 is 14.6 Å². The van der Waals surface area contributed by atoms with Crippen molar-refractivity contribution in [1.29, 1.82) is 0 Å². The smallest absolute Gasteiger partial charge is 0.274 e. The van der Waals surface area contributed by atoms with E-state index in [1.54, 1.807) is 24.3 Å². The number of halogens is 1. The summed E-state index contributed by atoms with van der Waals surface area (Å²) >= 11 is 6.00. The van der Waals surface area contributed by atoms with Crippen molar-refractivity contribution >= 4 is 29.2 Å². The lowest BCUT2D eigenvalue weighted by atomic mass is 10.2. The molecule has 2 heterocycles. The maximum atomic E-state index is 12.3. The lowest BCUT2D eigenvalue weighted by molar-refractivity contribution is -0.364. The number of aromatic amines is 1. The van der Waals surface area contributed by atoms with E-state index in [1.807, 2.05) is 29.3 Å². The van der Waals surface area contributed by atoms with E-state index in [0.29, 0.717) is 30.2 Å². The van der Waals surface area contributed by atoms with Gasteiger partial charge >= 0.3 is 0 Å². The minimum absolute atomic E-state index is 0.0566. The number of H-pyrrole nitrogens is 1. The van der Waals surface area contributed by atoms with Crippen LogP contribution in [0.25, 0.3) is 0 Å².